The number of rotatable bonds is 3. The fraction of sp³-hybridized carbons (Fsp3) is 0.188. The zero-order valence-electron chi connectivity index (χ0n) is 11.6. The maximum absolute atomic E-state index is 10.9. The highest BCUT2D eigenvalue weighted by atomic mass is 79.9. The monoisotopic (exact) mass is 357 g/mol. The number of carbonyl (C=O) groups excluding carboxylic acids is 1. The van der Waals surface area contributed by atoms with Crippen molar-refractivity contribution in [3.63, 3.8) is 0 Å². The van der Waals surface area contributed by atoms with Gasteiger partial charge in [0.15, 0.2) is 0 Å². The van der Waals surface area contributed by atoms with Crippen LogP contribution in [0.25, 0.3) is 0 Å². The van der Waals surface area contributed by atoms with Gasteiger partial charge in [-0.1, -0.05) is 34.1 Å². The van der Waals surface area contributed by atoms with Gasteiger partial charge in [-0.25, -0.2) is 4.79 Å². The van der Waals surface area contributed by atoms with Crippen molar-refractivity contribution in [2.45, 2.75) is 12.1 Å². The number of nitrogens with zero attached hydrogens (tertiary/aromatic N) is 3. The van der Waals surface area contributed by atoms with E-state index in [1.54, 1.807) is 6.08 Å². The zero-order chi connectivity index (χ0) is 15.4. The van der Waals surface area contributed by atoms with Crippen LogP contribution in [0.5, 0.6) is 5.75 Å². The number of isocyanates is 1. The lowest BCUT2D eigenvalue weighted by atomic mass is 9.94. The van der Waals surface area contributed by atoms with E-state index in [9.17, 15) is 4.79 Å². The molecule has 5 nitrogen and oxygen atoms in total. The van der Waals surface area contributed by atoms with Crippen molar-refractivity contribution in [3.8, 4) is 5.75 Å². The van der Waals surface area contributed by atoms with Gasteiger partial charge in [-0.05, 0) is 30.3 Å². The lowest BCUT2D eigenvalue weighted by molar-refractivity contribution is 0.218. The van der Waals surface area contributed by atoms with Crippen molar-refractivity contribution < 1.29 is 9.53 Å². The lowest BCUT2D eigenvalue weighted by Crippen LogP contribution is -2.28. The molecule has 0 bridgehead atoms. The highest BCUT2D eigenvalue weighted by molar-refractivity contribution is 9.10. The second-order valence-electron chi connectivity index (χ2n) is 4.79. The predicted octanol–water partition coefficient (Wildman–Crippen LogP) is 4.50. The summed E-state index contributed by atoms with van der Waals surface area (Å²) in [6.07, 6.45) is 2.07. The number of aliphatic imine (C=N–C) groups is 1. The average molecular weight is 358 g/mol. The average Bonchev–Trinajstić information content (AvgIpc) is 2.55. The van der Waals surface area contributed by atoms with Gasteiger partial charge >= 0.3 is 0 Å². The molecule has 0 aromatic heterocycles. The number of halogens is 1. The minimum atomic E-state index is -1.07. The Morgan fingerprint density at radius 3 is 2.68 bits per heavy atom. The van der Waals surface area contributed by atoms with Crippen LogP contribution in [-0.4, -0.2) is 12.7 Å². The highest BCUT2D eigenvalue weighted by Crippen LogP contribution is 2.41. The van der Waals surface area contributed by atoms with Crippen LogP contribution in [0.3, 0.4) is 0 Å². The second kappa shape index (κ2) is 6.22. The highest BCUT2D eigenvalue weighted by Gasteiger charge is 2.38. The first kappa shape index (κ1) is 14.6. The summed E-state index contributed by atoms with van der Waals surface area (Å²) in [5.41, 5.74) is 0.349. The molecule has 1 aliphatic rings. The van der Waals surface area contributed by atoms with Gasteiger partial charge in [0, 0.05) is 16.5 Å². The standard InChI is InChI=1S/C16H12BrN3O2/c17-12-5-7-13(8-6-12)19-20-16(18-11-21)9-10-22-15-4-2-1-3-14(15)16/h1-8H,9-10H2. The molecule has 0 saturated heterocycles. The number of hydrogen-bond acceptors (Lipinski definition) is 5. The molecule has 0 saturated carbocycles. The first-order valence-corrected chi connectivity index (χ1v) is 7.53. The van der Waals surface area contributed by atoms with Gasteiger partial charge in [-0.2, -0.15) is 15.2 Å². The van der Waals surface area contributed by atoms with Crippen molar-refractivity contribution in [3.05, 3.63) is 58.6 Å². The molecular weight excluding hydrogens is 346 g/mol. The Balaban J connectivity index is 2.03. The Labute approximate surface area is 135 Å². The molecule has 1 aliphatic heterocycles. The molecule has 2 aromatic carbocycles. The first-order chi connectivity index (χ1) is 10.7. The number of azo groups is 1. The van der Waals surface area contributed by atoms with Gasteiger partial charge in [0.05, 0.1) is 12.3 Å². The molecule has 0 amide bonds. The van der Waals surface area contributed by atoms with E-state index in [-0.39, 0.29) is 0 Å². The number of fused-ring (bicyclic) bond motifs is 1. The van der Waals surface area contributed by atoms with Gasteiger partial charge in [0.1, 0.15) is 5.75 Å². The van der Waals surface area contributed by atoms with Gasteiger partial charge in [-0.15, -0.1) is 0 Å². The maximum Gasteiger partial charge on any atom is 0.237 e. The fourth-order valence-corrected chi connectivity index (χ4v) is 2.59. The van der Waals surface area contributed by atoms with E-state index in [0.29, 0.717) is 24.5 Å². The summed E-state index contributed by atoms with van der Waals surface area (Å²) in [6, 6.07) is 14.8. The van der Waals surface area contributed by atoms with Crippen molar-refractivity contribution in [1.82, 2.24) is 0 Å². The van der Waals surface area contributed by atoms with Crippen LogP contribution in [0.1, 0.15) is 12.0 Å². The summed E-state index contributed by atoms with van der Waals surface area (Å²) in [6.45, 7) is 0.418. The lowest BCUT2D eigenvalue weighted by Gasteiger charge is -2.29. The van der Waals surface area contributed by atoms with Crippen LogP contribution in [0.4, 0.5) is 5.69 Å². The molecule has 1 atom stereocenters. The summed E-state index contributed by atoms with van der Waals surface area (Å²) in [7, 11) is 0. The topological polar surface area (TPSA) is 63.4 Å². The molecule has 22 heavy (non-hydrogen) atoms. The van der Waals surface area contributed by atoms with Crippen LogP contribution in [0.15, 0.2) is 68.2 Å². The summed E-state index contributed by atoms with van der Waals surface area (Å²) in [5.74, 6) is 0.669. The smallest absolute Gasteiger partial charge is 0.237 e. The van der Waals surface area contributed by atoms with E-state index in [1.807, 2.05) is 48.5 Å². The molecule has 110 valence electrons. The Morgan fingerprint density at radius 2 is 1.91 bits per heavy atom. The molecule has 1 heterocycles. The van der Waals surface area contributed by atoms with E-state index in [2.05, 4.69) is 31.2 Å². The third-order valence-corrected chi connectivity index (χ3v) is 3.94. The van der Waals surface area contributed by atoms with E-state index in [4.69, 9.17) is 4.74 Å². The predicted molar refractivity (Wildman–Crippen MR) is 85.0 cm³/mol. The molecule has 1 unspecified atom stereocenters. The SMILES string of the molecule is O=C=NC1(N=Nc2ccc(Br)cc2)CCOc2ccccc21. The Kier molecular flexibility index (Phi) is 4.13. The molecule has 3 rings (SSSR count). The molecular formula is C16H12BrN3O2. The third-order valence-electron chi connectivity index (χ3n) is 3.41. The number of ether oxygens (including phenoxy) is 1. The maximum atomic E-state index is 10.9. The molecule has 6 heteroatoms. The third kappa shape index (κ3) is 2.84. The van der Waals surface area contributed by atoms with E-state index >= 15 is 0 Å². The number of benzene rings is 2. The normalized spacial score (nSPS) is 20.0. The van der Waals surface area contributed by atoms with Crippen molar-refractivity contribution in [1.29, 1.82) is 0 Å². The molecule has 2 aromatic rings. The number of para-hydroxylation sites is 1. The summed E-state index contributed by atoms with van der Waals surface area (Å²) < 4.78 is 6.56. The molecule has 0 aliphatic carbocycles. The number of hydrogen-bond donors (Lipinski definition) is 0. The molecule has 0 N–H and O–H groups in total. The van der Waals surface area contributed by atoms with Crippen LogP contribution >= 0.6 is 15.9 Å². The first-order valence-electron chi connectivity index (χ1n) is 6.73. The van der Waals surface area contributed by atoms with Crippen LogP contribution < -0.4 is 4.74 Å². The Morgan fingerprint density at radius 1 is 1.14 bits per heavy atom. The zero-order valence-corrected chi connectivity index (χ0v) is 13.2. The summed E-state index contributed by atoms with van der Waals surface area (Å²) in [5, 5.41) is 8.58. The summed E-state index contributed by atoms with van der Waals surface area (Å²) in [4.78, 5) is 14.8. The second-order valence-corrected chi connectivity index (χ2v) is 5.71. The quantitative estimate of drug-likeness (QED) is 0.461. The van der Waals surface area contributed by atoms with Gasteiger partial charge in [-0.3, -0.25) is 0 Å². The van der Waals surface area contributed by atoms with Crippen molar-refractivity contribution >= 4 is 27.7 Å². The fourth-order valence-electron chi connectivity index (χ4n) is 2.33. The van der Waals surface area contributed by atoms with E-state index in [1.165, 1.54) is 0 Å². The Bertz CT molecular complexity index is 754. The van der Waals surface area contributed by atoms with E-state index in [0.717, 1.165) is 10.0 Å². The molecule has 0 spiro atoms. The van der Waals surface area contributed by atoms with Gasteiger partial charge in [0.2, 0.25) is 11.7 Å². The minimum Gasteiger partial charge on any atom is -0.493 e. The van der Waals surface area contributed by atoms with Crippen LogP contribution in [0.2, 0.25) is 0 Å². The van der Waals surface area contributed by atoms with Crippen LogP contribution in [0, 0.1) is 0 Å². The van der Waals surface area contributed by atoms with Crippen molar-refractivity contribution in [2.75, 3.05) is 6.61 Å². The van der Waals surface area contributed by atoms with Gasteiger partial charge < -0.3 is 4.74 Å². The van der Waals surface area contributed by atoms with Crippen molar-refractivity contribution in [2.24, 2.45) is 15.2 Å². The largest absolute Gasteiger partial charge is 0.493 e. The minimum absolute atomic E-state index is 0.418. The van der Waals surface area contributed by atoms with E-state index < -0.39 is 5.66 Å². The molecule has 0 fully saturated rings. The summed E-state index contributed by atoms with van der Waals surface area (Å²) >= 11 is 3.37. The molecule has 0 radical (unpaired) electrons. The van der Waals surface area contributed by atoms with Crippen LogP contribution in [-0.2, 0) is 10.5 Å². The Hall–Kier alpha value is -2.30. The van der Waals surface area contributed by atoms with Gasteiger partial charge in [0.25, 0.3) is 0 Å².